The standard InChI is InChI=1S/C28H28ClF4N3O6/c1-4-21(35-10-9-15-7-8-16(29)11-17(15)28(35)40)27(39)34-20(13-23(38)36(5-2)42-6-3)22(37)14-41-26-24(32)18(30)12-19(31)25(26)33/h7-12,20-21H,4-6,13-14H2,1-3H3,(H,34,39)/t20?,21-/m0/s1. The summed E-state index contributed by atoms with van der Waals surface area (Å²) in [5, 5.41) is 4.48. The van der Waals surface area contributed by atoms with E-state index in [1.165, 1.54) is 12.3 Å². The minimum absolute atomic E-state index is 0.0261. The van der Waals surface area contributed by atoms with Crippen LogP contribution in [0.3, 0.4) is 0 Å². The third-order valence-corrected chi connectivity index (χ3v) is 6.52. The number of aromatic nitrogens is 1. The average molecular weight is 614 g/mol. The van der Waals surface area contributed by atoms with Crippen molar-refractivity contribution in [2.24, 2.45) is 0 Å². The number of hydrogen-bond donors (Lipinski definition) is 1. The van der Waals surface area contributed by atoms with Gasteiger partial charge in [0.2, 0.25) is 23.4 Å². The van der Waals surface area contributed by atoms with Crippen LogP contribution in [0.5, 0.6) is 5.75 Å². The number of Topliss-reactive ketones (excluding diaryl/α,β-unsaturated/α-hetero) is 1. The summed E-state index contributed by atoms with van der Waals surface area (Å²) in [4.78, 5) is 57.8. The van der Waals surface area contributed by atoms with Gasteiger partial charge in [0.05, 0.1) is 13.0 Å². The molecule has 1 heterocycles. The topological polar surface area (TPSA) is 107 Å². The van der Waals surface area contributed by atoms with Crippen molar-refractivity contribution in [3.63, 3.8) is 0 Å². The van der Waals surface area contributed by atoms with E-state index in [1.807, 2.05) is 0 Å². The number of nitrogens with one attached hydrogen (secondary N) is 1. The van der Waals surface area contributed by atoms with Crippen molar-refractivity contribution in [1.82, 2.24) is 14.9 Å². The lowest BCUT2D eigenvalue weighted by atomic mass is 10.1. The molecule has 0 fully saturated rings. The molecule has 42 heavy (non-hydrogen) atoms. The first-order valence-corrected chi connectivity index (χ1v) is 13.3. The van der Waals surface area contributed by atoms with Crippen LogP contribution in [0.4, 0.5) is 17.6 Å². The Morgan fingerprint density at radius 1 is 1.02 bits per heavy atom. The van der Waals surface area contributed by atoms with Gasteiger partial charge < -0.3 is 14.6 Å². The van der Waals surface area contributed by atoms with Crippen molar-refractivity contribution in [3.8, 4) is 5.75 Å². The fourth-order valence-electron chi connectivity index (χ4n) is 4.19. The molecule has 2 atom stereocenters. The molecule has 226 valence electrons. The second-order valence-electron chi connectivity index (χ2n) is 9.01. The molecule has 2 amide bonds. The first kappa shape index (κ1) is 32.5. The molecule has 0 aliphatic rings. The maximum atomic E-state index is 14.1. The fraction of sp³-hybridized carbons (Fsp3) is 0.357. The van der Waals surface area contributed by atoms with Gasteiger partial charge in [-0.25, -0.2) is 13.8 Å². The predicted molar refractivity (Wildman–Crippen MR) is 145 cm³/mol. The zero-order valence-electron chi connectivity index (χ0n) is 22.9. The summed E-state index contributed by atoms with van der Waals surface area (Å²) in [7, 11) is 0. The summed E-state index contributed by atoms with van der Waals surface area (Å²) in [6, 6.07) is 3.48. The molecule has 14 heteroatoms. The molecule has 0 saturated heterocycles. The number of carbonyl (C=O) groups excluding carboxylic acids is 3. The Morgan fingerprint density at radius 3 is 2.29 bits per heavy atom. The molecule has 1 N–H and O–H groups in total. The molecular formula is C28H28ClF4N3O6. The van der Waals surface area contributed by atoms with Gasteiger partial charge >= 0.3 is 0 Å². The molecular weight excluding hydrogens is 586 g/mol. The lowest BCUT2D eigenvalue weighted by molar-refractivity contribution is -0.184. The highest BCUT2D eigenvalue weighted by molar-refractivity contribution is 6.31. The molecule has 0 radical (unpaired) electrons. The van der Waals surface area contributed by atoms with Gasteiger partial charge in [0.25, 0.3) is 5.56 Å². The smallest absolute Gasteiger partial charge is 0.259 e. The highest BCUT2D eigenvalue weighted by Crippen LogP contribution is 2.26. The van der Waals surface area contributed by atoms with Gasteiger partial charge in [0.15, 0.2) is 23.2 Å². The second kappa shape index (κ2) is 14.3. The van der Waals surface area contributed by atoms with Crippen LogP contribution in [0.2, 0.25) is 5.02 Å². The van der Waals surface area contributed by atoms with E-state index in [0.29, 0.717) is 10.4 Å². The highest BCUT2D eigenvalue weighted by atomic mass is 35.5. The van der Waals surface area contributed by atoms with E-state index in [0.717, 1.165) is 9.63 Å². The predicted octanol–water partition coefficient (Wildman–Crippen LogP) is 4.49. The van der Waals surface area contributed by atoms with Crippen LogP contribution < -0.4 is 15.6 Å². The van der Waals surface area contributed by atoms with Gasteiger partial charge in [-0.3, -0.25) is 24.0 Å². The fourth-order valence-corrected chi connectivity index (χ4v) is 4.36. The first-order valence-electron chi connectivity index (χ1n) is 13.0. The summed E-state index contributed by atoms with van der Waals surface area (Å²) in [6.07, 6.45) is 0.820. The Labute approximate surface area is 242 Å². The van der Waals surface area contributed by atoms with Crippen LogP contribution in [-0.4, -0.2) is 53.0 Å². The summed E-state index contributed by atoms with van der Waals surface area (Å²) >= 11 is 6.03. The van der Waals surface area contributed by atoms with E-state index in [-0.39, 0.29) is 31.0 Å². The van der Waals surface area contributed by atoms with Crippen LogP contribution >= 0.6 is 11.6 Å². The van der Waals surface area contributed by atoms with E-state index >= 15 is 0 Å². The van der Waals surface area contributed by atoms with E-state index in [4.69, 9.17) is 21.2 Å². The summed E-state index contributed by atoms with van der Waals surface area (Å²) < 4.78 is 61.2. The van der Waals surface area contributed by atoms with Crippen molar-refractivity contribution in [2.45, 2.75) is 45.7 Å². The minimum Gasteiger partial charge on any atom is -0.479 e. The van der Waals surface area contributed by atoms with E-state index in [2.05, 4.69) is 5.32 Å². The van der Waals surface area contributed by atoms with Crippen LogP contribution in [0.15, 0.2) is 41.3 Å². The number of hydroxylamine groups is 2. The van der Waals surface area contributed by atoms with Crippen molar-refractivity contribution in [3.05, 3.63) is 75.2 Å². The Balaban J connectivity index is 1.91. The Bertz CT molecular complexity index is 1520. The number of fused-ring (bicyclic) bond motifs is 1. The molecule has 0 saturated carbocycles. The molecule has 0 bridgehead atoms. The van der Waals surface area contributed by atoms with Gasteiger partial charge in [-0.2, -0.15) is 8.78 Å². The van der Waals surface area contributed by atoms with E-state index < -0.39 is 77.3 Å². The lowest BCUT2D eigenvalue weighted by Gasteiger charge is -2.25. The number of rotatable bonds is 13. The number of amides is 2. The number of pyridine rings is 1. The molecule has 2 aromatic carbocycles. The van der Waals surface area contributed by atoms with Gasteiger partial charge in [0, 0.05) is 29.2 Å². The molecule has 9 nitrogen and oxygen atoms in total. The second-order valence-corrected chi connectivity index (χ2v) is 9.44. The van der Waals surface area contributed by atoms with E-state index in [9.17, 15) is 36.7 Å². The molecule has 0 spiro atoms. The monoisotopic (exact) mass is 613 g/mol. The average Bonchev–Trinajstić information content (AvgIpc) is 2.96. The number of benzene rings is 2. The number of hydrogen-bond acceptors (Lipinski definition) is 6. The number of halogens is 5. The third-order valence-electron chi connectivity index (χ3n) is 6.28. The van der Waals surface area contributed by atoms with Crippen molar-refractivity contribution in [2.75, 3.05) is 19.8 Å². The summed E-state index contributed by atoms with van der Waals surface area (Å²) in [5.41, 5.74) is -0.535. The molecule has 3 aromatic rings. The maximum Gasteiger partial charge on any atom is 0.259 e. The SMILES string of the molecule is CCON(CC)C(=O)CC(NC(=O)[C@H](CC)n1ccc2ccc(Cl)cc2c1=O)C(=O)COc1c(F)c(F)cc(F)c1F. The quantitative estimate of drug-likeness (QED) is 0.173. The summed E-state index contributed by atoms with van der Waals surface area (Å²) in [5.74, 6) is -11.3. The molecule has 1 unspecified atom stereocenters. The molecule has 0 aliphatic carbocycles. The van der Waals surface area contributed by atoms with Crippen LogP contribution in [0.25, 0.3) is 10.8 Å². The first-order chi connectivity index (χ1) is 19.9. The van der Waals surface area contributed by atoms with Crippen molar-refractivity contribution >= 4 is 40.0 Å². The molecule has 0 aliphatic heterocycles. The van der Waals surface area contributed by atoms with Gasteiger partial charge in [0.1, 0.15) is 18.7 Å². The number of nitrogens with zero attached hydrogens (tertiary/aromatic N) is 2. The Morgan fingerprint density at radius 2 is 1.69 bits per heavy atom. The number of ketones is 1. The normalized spacial score (nSPS) is 12.6. The van der Waals surface area contributed by atoms with Gasteiger partial charge in [-0.05, 0) is 43.9 Å². The van der Waals surface area contributed by atoms with Crippen molar-refractivity contribution < 1.29 is 41.5 Å². The van der Waals surface area contributed by atoms with Gasteiger partial charge in [-0.15, -0.1) is 0 Å². The Kier molecular flexibility index (Phi) is 11.1. The zero-order chi connectivity index (χ0) is 31.1. The number of ether oxygens (including phenoxy) is 1. The van der Waals surface area contributed by atoms with Crippen LogP contribution in [0, 0.1) is 23.3 Å². The maximum absolute atomic E-state index is 14.1. The van der Waals surface area contributed by atoms with Gasteiger partial charge in [-0.1, -0.05) is 24.6 Å². The summed E-state index contributed by atoms with van der Waals surface area (Å²) in [6.45, 7) is 3.87. The lowest BCUT2D eigenvalue weighted by Crippen LogP contribution is -2.49. The third kappa shape index (κ3) is 7.26. The van der Waals surface area contributed by atoms with Crippen molar-refractivity contribution in [1.29, 1.82) is 0 Å². The largest absolute Gasteiger partial charge is 0.479 e. The van der Waals surface area contributed by atoms with Crippen LogP contribution in [0.1, 0.15) is 39.7 Å². The molecule has 3 rings (SSSR count). The van der Waals surface area contributed by atoms with E-state index in [1.54, 1.807) is 39.0 Å². The number of carbonyl (C=O) groups is 3. The van der Waals surface area contributed by atoms with Crippen LogP contribution in [-0.2, 0) is 19.2 Å². The zero-order valence-corrected chi connectivity index (χ0v) is 23.6. The minimum atomic E-state index is -1.87. The highest BCUT2D eigenvalue weighted by Gasteiger charge is 2.31. The Hall–Kier alpha value is -3.97. The molecule has 1 aromatic heterocycles.